The number of fused-ring (bicyclic) bond motifs is 1. The van der Waals surface area contributed by atoms with Crippen molar-refractivity contribution in [3.63, 3.8) is 0 Å². The van der Waals surface area contributed by atoms with Crippen LogP contribution in [0.3, 0.4) is 0 Å². The average Bonchev–Trinajstić information content (AvgIpc) is 2.69. The molecule has 1 aliphatic rings. The molecule has 2 rings (SSSR count). The number of hydrogen-bond acceptors (Lipinski definition) is 1. The minimum atomic E-state index is 0.555. The van der Waals surface area contributed by atoms with E-state index in [0.717, 1.165) is 11.8 Å². The third kappa shape index (κ3) is 4.32. The van der Waals surface area contributed by atoms with E-state index < -0.39 is 0 Å². The van der Waals surface area contributed by atoms with Gasteiger partial charge < -0.3 is 5.32 Å². The fourth-order valence-electron chi connectivity index (χ4n) is 4.10. The van der Waals surface area contributed by atoms with E-state index in [1.54, 1.807) is 11.1 Å². The zero-order chi connectivity index (χ0) is 15.1. The Morgan fingerprint density at radius 2 is 2.05 bits per heavy atom. The van der Waals surface area contributed by atoms with Crippen LogP contribution in [0.4, 0.5) is 0 Å². The maximum absolute atomic E-state index is 3.64. The fourth-order valence-corrected chi connectivity index (χ4v) is 4.10. The summed E-state index contributed by atoms with van der Waals surface area (Å²) in [6.07, 6.45) is 10.9. The van der Waals surface area contributed by atoms with Gasteiger partial charge in [-0.15, -0.1) is 0 Å². The minimum absolute atomic E-state index is 0.555. The van der Waals surface area contributed by atoms with Gasteiger partial charge in [-0.1, -0.05) is 63.8 Å². The first-order valence-corrected chi connectivity index (χ1v) is 9.05. The maximum atomic E-state index is 3.64. The summed E-state index contributed by atoms with van der Waals surface area (Å²) < 4.78 is 0. The van der Waals surface area contributed by atoms with E-state index in [4.69, 9.17) is 0 Å². The van der Waals surface area contributed by atoms with E-state index in [1.165, 1.54) is 51.4 Å². The molecule has 21 heavy (non-hydrogen) atoms. The average molecular weight is 287 g/mol. The molecule has 0 amide bonds. The van der Waals surface area contributed by atoms with Crippen LogP contribution in [0, 0.1) is 11.8 Å². The summed E-state index contributed by atoms with van der Waals surface area (Å²) in [5, 5.41) is 3.64. The quantitative estimate of drug-likeness (QED) is 0.652. The Balaban J connectivity index is 2.11. The molecule has 1 N–H and O–H groups in total. The molecule has 1 nitrogen and oxygen atoms in total. The van der Waals surface area contributed by atoms with Crippen molar-refractivity contribution in [2.45, 2.75) is 71.3 Å². The van der Waals surface area contributed by atoms with Gasteiger partial charge in [0.05, 0.1) is 0 Å². The molecule has 1 aliphatic carbocycles. The van der Waals surface area contributed by atoms with E-state index in [2.05, 4.69) is 50.5 Å². The molecule has 0 aliphatic heterocycles. The van der Waals surface area contributed by atoms with E-state index in [-0.39, 0.29) is 0 Å². The van der Waals surface area contributed by atoms with Gasteiger partial charge in [-0.3, -0.25) is 0 Å². The summed E-state index contributed by atoms with van der Waals surface area (Å²) in [4.78, 5) is 0. The molecule has 0 bridgehead atoms. The van der Waals surface area contributed by atoms with E-state index in [1.807, 2.05) is 0 Å². The van der Waals surface area contributed by atoms with Gasteiger partial charge in [-0.05, 0) is 55.7 Å². The smallest absolute Gasteiger partial charge is 0.0348 e. The number of hydrogen-bond donors (Lipinski definition) is 1. The van der Waals surface area contributed by atoms with Crippen LogP contribution in [0.1, 0.15) is 76.0 Å². The monoisotopic (exact) mass is 287 g/mol. The fraction of sp³-hybridized carbons (Fsp3) is 0.700. The van der Waals surface area contributed by atoms with Gasteiger partial charge in [0, 0.05) is 6.04 Å². The highest BCUT2D eigenvalue weighted by Crippen LogP contribution is 2.38. The van der Waals surface area contributed by atoms with Crippen LogP contribution in [0.5, 0.6) is 0 Å². The Morgan fingerprint density at radius 1 is 1.24 bits per heavy atom. The van der Waals surface area contributed by atoms with E-state index in [9.17, 15) is 0 Å². The second kappa shape index (κ2) is 8.58. The minimum Gasteiger partial charge on any atom is -0.313 e. The van der Waals surface area contributed by atoms with Crippen LogP contribution >= 0.6 is 0 Å². The normalized spacial score (nSPS) is 23.4. The predicted octanol–water partition coefficient (Wildman–Crippen LogP) is 5.51. The first kappa shape index (κ1) is 16.5. The zero-order valence-corrected chi connectivity index (χ0v) is 14.2. The number of nitrogens with one attached hydrogen (secondary N) is 1. The topological polar surface area (TPSA) is 12.0 Å². The van der Waals surface area contributed by atoms with Crippen molar-refractivity contribution in [2.24, 2.45) is 11.8 Å². The Hall–Kier alpha value is -0.820. The number of benzene rings is 1. The standard InChI is InChI=1S/C20H33N/c1-4-6-10-16(5-2)15-18-13-9-12-17-11-7-8-14-19(17)20(18)21-3/h7-8,11,14,16,18,20-21H,4-6,9-10,12-13,15H2,1-3H3. The number of aryl methyl sites for hydroxylation is 1. The molecule has 0 fully saturated rings. The first-order chi connectivity index (χ1) is 10.3. The molecule has 1 heteroatoms. The van der Waals surface area contributed by atoms with Crippen LogP contribution in [-0.4, -0.2) is 7.05 Å². The molecule has 1 aromatic carbocycles. The van der Waals surface area contributed by atoms with E-state index in [0.29, 0.717) is 6.04 Å². The number of unbranched alkanes of at least 4 members (excludes halogenated alkanes) is 1. The molecule has 3 unspecified atom stereocenters. The van der Waals surface area contributed by atoms with Gasteiger partial charge in [0.1, 0.15) is 0 Å². The summed E-state index contributed by atoms with van der Waals surface area (Å²) in [5.41, 5.74) is 3.13. The molecule has 0 saturated heterocycles. The summed E-state index contributed by atoms with van der Waals surface area (Å²) in [6, 6.07) is 9.64. The zero-order valence-electron chi connectivity index (χ0n) is 14.2. The van der Waals surface area contributed by atoms with Gasteiger partial charge >= 0.3 is 0 Å². The third-order valence-electron chi connectivity index (χ3n) is 5.37. The van der Waals surface area contributed by atoms with Crippen LogP contribution in [-0.2, 0) is 6.42 Å². The van der Waals surface area contributed by atoms with E-state index >= 15 is 0 Å². The molecule has 0 heterocycles. The third-order valence-corrected chi connectivity index (χ3v) is 5.37. The van der Waals surface area contributed by atoms with Crippen molar-refractivity contribution in [2.75, 3.05) is 7.05 Å². The lowest BCUT2D eigenvalue weighted by Crippen LogP contribution is -2.26. The second-order valence-corrected chi connectivity index (χ2v) is 6.77. The van der Waals surface area contributed by atoms with Crippen LogP contribution in [0.15, 0.2) is 24.3 Å². The Morgan fingerprint density at radius 3 is 2.76 bits per heavy atom. The van der Waals surface area contributed by atoms with Crippen molar-refractivity contribution in [1.29, 1.82) is 0 Å². The van der Waals surface area contributed by atoms with Gasteiger partial charge in [0.2, 0.25) is 0 Å². The first-order valence-electron chi connectivity index (χ1n) is 9.05. The van der Waals surface area contributed by atoms with Crippen molar-refractivity contribution in [1.82, 2.24) is 5.32 Å². The highest BCUT2D eigenvalue weighted by Gasteiger charge is 2.28. The Kier molecular flexibility index (Phi) is 6.76. The molecule has 1 aromatic rings. The van der Waals surface area contributed by atoms with Gasteiger partial charge in [-0.2, -0.15) is 0 Å². The SMILES string of the molecule is CCCCC(CC)CC1CCCc2ccccc2C1NC. The molecule has 0 saturated carbocycles. The molecule has 0 radical (unpaired) electrons. The molecule has 0 aromatic heterocycles. The summed E-state index contributed by atoms with van der Waals surface area (Å²) >= 11 is 0. The second-order valence-electron chi connectivity index (χ2n) is 6.77. The number of rotatable bonds is 7. The summed E-state index contributed by atoms with van der Waals surface area (Å²) in [5.74, 6) is 1.72. The lowest BCUT2D eigenvalue weighted by molar-refractivity contribution is 0.268. The van der Waals surface area contributed by atoms with Crippen LogP contribution < -0.4 is 5.32 Å². The highest BCUT2D eigenvalue weighted by molar-refractivity contribution is 5.31. The maximum Gasteiger partial charge on any atom is 0.0348 e. The van der Waals surface area contributed by atoms with Crippen LogP contribution in [0.2, 0.25) is 0 Å². The highest BCUT2D eigenvalue weighted by atomic mass is 14.9. The molecule has 3 atom stereocenters. The van der Waals surface area contributed by atoms with Crippen molar-refractivity contribution in [3.05, 3.63) is 35.4 Å². The van der Waals surface area contributed by atoms with Crippen molar-refractivity contribution >= 4 is 0 Å². The van der Waals surface area contributed by atoms with Crippen LogP contribution in [0.25, 0.3) is 0 Å². The largest absolute Gasteiger partial charge is 0.313 e. The molecular formula is C20H33N. The Bertz CT molecular complexity index is 412. The molecule has 0 spiro atoms. The van der Waals surface area contributed by atoms with Gasteiger partial charge in [-0.25, -0.2) is 0 Å². The van der Waals surface area contributed by atoms with Crippen molar-refractivity contribution < 1.29 is 0 Å². The Labute approximate surface area is 131 Å². The lowest BCUT2D eigenvalue weighted by Gasteiger charge is -2.29. The molecule has 118 valence electrons. The van der Waals surface area contributed by atoms with Crippen molar-refractivity contribution in [3.8, 4) is 0 Å². The molecular weight excluding hydrogens is 254 g/mol. The predicted molar refractivity (Wildman–Crippen MR) is 92.6 cm³/mol. The lowest BCUT2D eigenvalue weighted by atomic mass is 9.81. The summed E-state index contributed by atoms with van der Waals surface area (Å²) in [6.45, 7) is 4.68. The summed E-state index contributed by atoms with van der Waals surface area (Å²) in [7, 11) is 2.15. The van der Waals surface area contributed by atoms with Gasteiger partial charge in [0.25, 0.3) is 0 Å². The van der Waals surface area contributed by atoms with Gasteiger partial charge in [0.15, 0.2) is 0 Å².